The minimum absolute atomic E-state index is 0.117. The topological polar surface area (TPSA) is 35.2 Å². The lowest BCUT2D eigenvalue weighted by molar-refractivity contribution is 0.259. The van der Waals surface area contributed by atoms with Crippen LogP contribution in [0.5, 0.6) is 5.75 Å². The molecule has 0 unspecified atom stereocenters. The first-order valence-corrected chi connectivity index (χ1v) is 6.67. The molecule has 1 aliphatic rings. The zero-order valence-corrected chi connectivity index (χ0v) is 10.9. The van der Waals surface area contributed by atoms with E-state index in [4.69, 9.17) is 10.5 Å². The van der Waals surface area contributed by atoms with E-state index in [0.29, 0.717) is 12.5 Å². The van der Waals surface area contributed by atoms with Crippen molar-refractivity contribution < 1.29 is 4.74 Å². The average molecular weight is 233 g/mol. The summed E-state index contributed by atoms with van der Waals surface area (Å²) in [6, 6.07) is 6.61. The Morgan fingerprint density at radius 1 is 1.18 bits per heavy atom. The van der Waals surface area contributed by atoms with Crippen LogP contribution in [0.2, 0.25) is 0 Å². The summed E-state index contributed by atoms with van der Waals surface area (Å²) in [6.45, 7) is 4.86. The van der Waals surface area contributed by atoms with E-state index in [0.717, 1.165) is 5.75 Å². The first-order valence-electron chi connectivity index (χ1n) is 6.67. The standard InChI is InChI=1S/C15H23NO/c1-11(2)15(16)10-17-14-8-7-12-5-3-4-6-13(12)9-14/h7-9,11,15H,3-6,10,16H2,1-2H3/t15-/m0/s1. The van der Waals surface area contributed by atoms with Gasteiger partial charge in [0.15, 0.2) is 0 Å². The number of nitrogens with two attached hydrogens (primary N) is 1. The zero-order chi connectivity index (χ0) is 12.3. The summed E-state index contributed by atoms with van der Waals surface area (Å²) in [7, 11) is 0. The van der Waals surface area contributed by atoms with E-state index >= 15 is 0 Å². The zero-order valence-electron chi connectivity index (χ0n) is 10.9. The molecule has 0 saturated heterocycles. The van der Waals surface area contributed by atoms with Gasteiger partial charge in [0, 0.05) is 6.04 Å². The molecule has 0 amide bonds. The molecule has 1 aliphatic carbocycles. The van der Waals surface area contributed by atoms with Gasteiger partial charge < -0.3 is 10.5 Å². The monoisotopic (exact) mass is 233 g/mol. The molecule has 1 aromatic carbocycles. The normalized spacial score (nSPS) is 16.7. The molecule has 0 spiro atoms. The first kappa shape index (κ1) is 12.4. The molecule has 0 saturated carbocycles. The smallest absolute Gasteiger partial charge is 0.119 e. The van der Waals surface area contributed by atoms with Crippen LogP contribution in [-0.2, 0) is 12.8 Å². The Morgan fingerprint density at radius 3 is 2.59 bits per heavy atom. The molecule has 0 aliphatic heterocycles. The molecule has 0 fully saturated rings. The first-order chi connectivity index (χ1) is 8.16. The van der Waals surface area contributed by atoms with Gasteiger partial charge in [0.1, 0.15) is 12.4 Å². The summed E-state index contributed by atoms with van der Waals surface area (Å²) in [6.07, 6.45) is 5.05. The Kier molecular flexibility index (Phi) is 4.06. The highest BCUT2D eigenvalue weighted by Crippen LogP contribution is 2.25. The molecule has 1 aromatic rings. The van der Waals surface area contributed by atoms with Crippen molar-refractivity contribution in [2.45, 2.75) is 45.6 Å². The van der Waals surface area contributed by atoms with Crippen LogP contribution in [-0.4, -0.2) is 12.6 Å². The van der Waals surface area contributed by atoms with E-state index < -0.39 is 0 Å². The van der Waals surface area contributed by atoms with Crippen LogP contribution in [0.3, 0.4) is 0 Å². The second kappa shape index (κ2) is 5.54. The van der Waals surface area contributed by atoms with Crippen molar-refractivity contribution in [3.8, 4) is 5.75 Å². The van der Waals surface area contributed by atoms with Crippen molar-refractivity contribution in [1.29, 1.82) is 0 Å². The van der Waals surface area contributed by atoms with Crippen LogP contribution in [0.15, 0.2) is 18.2 Å². The van der Waals surface area contributed by atoms with Crippen molar-refractivity contribution in [3.63, 3.8) is 0 Å². The van der Waals surface area contributed by atoms with Gasteiger partial charge in [0.2, 0.25) is 0 Å². The van der Waals surface area contributed by atoms with Crippen molar-refractivity contribution in [1.82, 2.24) is 0 Å². The molecule has 2 rings (SSSR count). The van der Waals surface area contributed by atoms with Crippen molar-refractivity contribution in [2.75, 3.05) is 6.61 Å². The second-order valence-electron chi connectivity index (χ2n) is 5.36. The molecule has 0 heterocycles. The summed E-state index contributed by atoms with van der Waals surface area (Å²) < 4.78 is 5.77. The van der Waals surface area contributed by atoms with Crippen LogP contribution in [0, 0.1) is 5.92 Å². The number of hydrogen-bond donors (Lipinski definition) is 1. The summed E-state index contributed by atoms with van der Waals surface area (Å²) >= 11 is 0. The Morgan fingerprint density at radius 2 is 1.88 bits per heavy atom. The number of benzene rings is 1. The molecule has 2 heteroatoms. The van der Waals surface area contributed by atoms with Gasteiger partial charge in [-0.1, -0.05) is 19.9 Å². The highest BCUT2D eigenvalue weighted by molar-refractivity contribution is 5.37. The van der Waals surface area contributed by atoms with E-state index in [-0.39, 0.29) is 6.04 Å². The maximum Gasteiger partial charge on any atom is 0.119 e. The fraction of sp³-hybridized carbons (Fsp3) is 0.600. The molecule has 0 radical (unpaired) electrons. The summed E-state index contributed by atoms with van der Waals surface area (Å²) in [5.74, 6) is 1.44. The summed E-state index contributed by atoms with van der Waals surface area (Å²) in [5.41, 5.74) is 8.94. The van der Waals surface area contributed by atoms with Gasteiger partial charge in [0.25, 0.3) is 0 Å². The average Bonchev–Trinajstić information content (AvgIpc) is 2.35. The van der Waals surface area contributed by atoms with Crippen LogP contribution in [0.4, 0.5) is 0 Å². The van der Waals surface area contributed by atoms with Crippen LogP contribution < -0.4 is 10.5 Å². The van der Waals surface area contributed by atoms with E-state index in [1.165, 1.54) is 36.8 Å². The summed E-state index contributed by atoms with van der Waals surface area (Å²) in [5, 5.41) is 0. The Hall–Kier alpha value is -1.02. The van der Waals surface area contributed by atoms with Crippen LogP contribution in [0.25, 0.3) is 0 Å². The highest BCUT2D eigenvalue weighted by atomic mass is 16.5. The maximum absolute atomic E-state index is 5.98. The van der Waals surface area contributed by atoms with E-state index in [1.807, 2.05) is 0 Å². The molecule has 94 valence electrons. The van der Waals surface area contributed by atoms with Gasteiger partial charge in [-0.3, -0.25) is 0 Å². The number of aryl methyl sites for hydroxylation is 2. The molecule has 0 aromatic heterocycles. The van der Waals surface area contributed by atoms with Gasteiger partial charge in [-0.2, -0.15) is 0 Å². The van der Waals surface area contributed by atoms with Crippen LogP contribution in [0.1, 0.15) is 37.8 Å². The highest BCUT2D eigenvalue weighted by Gasteiger charge is 2.11. The number of rotatable bonds is 4. The predicted molar refractivity (Wildman–Crippen MR) is 71.4 cm³/mol. The minimum Gasteiger partial charge on any atom is -0.492 e. The fourth-order valence-electron chi connectivity index (χ4n) is 2.18. The lowest BCUT2D eigenvalue weighted by Crippen LogP contribution is -2.33. The fourth-order valence-corrected chi connectivity index (χ4v) is 2.18. The molecule has 0 bridgehead atoms. The van der Waals surface area contributed by atoms with E-state index in [1.54, 1.807) is 0 Å². The molecule has 1 atom stereocenters. The van der Waals surface area contributed by atoms with E-state index in [2.05, 4.69) is 32.0 Å². The van der Waals surface area contributed by atoms with Crippen molar-refractivity contribution >= 4 is 0 Å². The van der Waals surface area contributed by atoms with E-state index in [9.17, 15) is 0 Å². The maximum atomic E-state index is 5.98. The van der Waals surface area contributed by atoms with Gasteiger partial charge in [-0.15, -0.1) is 0 Å². The molecule has 17 heavy (non-hydrogen) atoms. The Labute approximate surface area is 104 Å². The third-order valence-electron chi connectivity index (χ3n) is 3.62. The number of fused-ring (bicyclic) bond motifs is 1. The van der Waals surface area contributed by atoms with Gasteiger partial charge >= 0.3 is 0 Å². The van der Waals surface area contributed by atoms with Gasteiger partial charge in [0.05, 0.1) is 0 Å². The third-order valence-corrected chi connectivity index (χ3v) is 3.62. The quantitative estimate of drug-likeness (QED) is 0.868. The lowest BCUT2D eigenvalue weighted by Gasteiger charge is -2.19. The Balaban J connectivity index is 1.97. The molecule has 2 N–H and O–H groups in total. The third kappa shape index (κ3) is 3.22. The van der Waals surface area contributed by atoms with Crippen LogP contribution >= 0.6 is 0 Å². The Bertz CT molecular complexity index is 373. The number of hydrogen-bond acceptors (Lipinski definition) is 2. The lowest BCUT2D eigenvalue weighted by atomic mass is 9.92. The largest absolute Gasteiger partial charge is 0.492 e. The SMILES string of the molecule is CC(C)[C@@H](N)COc1ccc2c(c1)CCCC2. The van der Waals surface area contributed by atoms with Gasteiger partial charge in [-0.05, 0) is 54.9 Å². The van der Waals surface area contributed by atoms with Crippen molar-refractivity contribution in [3.05, 3.63) is 29.3 Å². The summed E-state index contributed by atoms with van der Waals surface area (Å²) in [4.78, 5) is 0. The molecular weight excluding hydrogens is 210 g/mol. The van der Waals surface area contributed by atoms with Crippen molar-refractivity contribution in [2.24, 2.45) is 11.7 Å². The molecular formula is C15H23NO. The minimum atomic E-state index is 0.117. The van der Waals surface area contributed by atoms with Gasteiger partial charge in [-0.25, -0.2) is 0 Å². The second-order valence-corrected chi connectivity index (χ2v) is 5.36. The molecule has 2 nitrogen and oxygen atoms in total. The predicted octanol–water partition coefficient (Wildman–Crippen LogP) is 2.93. The number of ether oxygens (including phenoxy) is 1.